The largest absolute Gasteiger partial charge is 0.372 e. The predicted molar refractivity (Wildman–Crippen MR) is 107 cm³/mol. The molecular formula is C21H13F5N2O5S. The average Bonchev–Trinajstić information content (AvgIpc) is 3.21. The van der Waals surface area contributed by atoms with Crippen LogP contribution < -0.4 is 9.74 Å². The number of rotatable bonds is 5. The van der Waals surface area contributed by atoms with Gasteiger partial charge in [0.2, 0.25) is 34.8 Å². The molecule has 0 amide bonds. The molecule has 7 nitrogen and oxygen atoms in total. The molecule has 4 aromatic rings. The second-order valence-electron chi connectivity index (χ2n) is 7.32. The summed E-state index contributed by atoms with van der Waals surface area (Å²) in [5.41, 5.74) is 0.526. The fraction of sp³-hybridized carbons (Fsp3) is 0.143. The molecule has 4 rings (SSSR count). The maximum absolute atomic E-state index is 13.9. The van der Waals surface area contributed by atoms with E-state index in [1.54, 1.807) is 19.9 Å². The number of hydrogen-bond donors (Lipinski definition) is 0. The van der Waals surface area contributed by atoms with Gasteiger partial charge in [-0.25, -0.2) is 13.2 Å². The summed E-state index contributed by atoms with van der Waals surface area (Å²) >= 11 is 0. The van der Waals surface area contributed by atoms with Gasteiger partial charge in [-0.15, -0.1) is 0 Å². The summed E-state index contributed by atoms with van der Waals surface area (Å²) in [7, 11) is -5.11. The zero-order chi connectivity index (χ0) is 24.9. The molecule has 0 N–H and O–H groups in total. The summed E-state index contributed by atoms with van der Waals surface area (Å²) in [5, 5.41) is 3.99. The SMILES string of the molecule is Cc1cc(Cn2cc(C)c3ccc(S(=O)(=O)Oc4c(F)c(F)c(F)c(F)c4F)cc3c2=O)on1. The number of fused-ring (bicyclic) bond motifs is 1. The molecular weight excluding hydrogens is 487 g/mol. The molecule has 0 bridgehead atoms. The summed E-state index contributed by atoms with van der Waals surface area (Å²) in [5.74, 6) is -13.8. The van der Waals surface area contributed by atoms with Crippen molar-refractivity contribution in [3.63, 3.8) is 0 Å². The van der Waals surface area contributed by atoms with Gasteiger partial charge < -0.3 is 13.3 Å². The molecule has 0 atom stereocenters. The van der Waals surface area contributed by atoms with E-state index in [4.69, 9.17) is 4.52 Å². The average molecular weight is 500 g/mol. The van der Waals surface area contributed by atoms with Crippen LogP contribution in [0.5, 0.6) is 5.75 Å². The van der Waals surface area contributed by atoms with Gasteiger partial charge in [0, 0.05) is 17.6 Å². The highest BCUT2D eigenvalue weighted by Gasteiger charge is 2.31. The van der Waals surface area contributed by atoms with Gasteiger partial charge in [0.15, 0.2) is 5.76 Å². The van der Waals surface area contributed by atoms with Crippen LogP contribution >= 0.6 is 0 Å². The van der Waals surface area contributed by atoms with Crippen molar-refractivity contribution < 1.29 is 39.1 Å². The van der Waals surface area contributed by atoms with E-state index in [9.17, 15) is 35.2 Å². The van der Waals surface area contributed by atoms with Crippen LogP contribution in [0.3, 0.4) is 0 Å². The third-order valence-electron chi connectivity index (χ3n) is 4.91. The first-order valence-corrected chi connectivity index (χ1v) is 10.8. The van der Waals surface area contributed by atoms with Gasteiger partial charge in [-0.1, -0.05) is 11.2 Å². The Bertz CT molecular complexity index is 1600. The number of pyridine rings is 1. The zero-order valence-electron chi connectivity index (χ0n) is 17.3. The Morgan fingerprint density at radius 2 is 1.56 bits per heavy atom. The van der Waals surface area contributed by atoms with Crippen LogP contribution in [0.25, 0.3) is 10.8 Å². The first-order chi connectivity index (χ1) is 15.9. The summed E-state index contributed by atoms with van der Waals surface area (Å²) in [6.07, 6.45) is 1.52. The normalized spacial score (nSPS) is 11.9. The van der Waals surface area contributed by atoms with Crippen molar-refractivity contribution in [3.05, 3.63) is 86.9 Å². The van der Waals surface area contributed by atoms with E-state index in [1.807, 2.05) is 0 Å². The second-order valence-corrected chi connectivity index (χ2v) is 8.87. The van der Waals surface area contributed by atoms with Gasteiger partial charge in [0.1, 0.15) is 4.90 Å². The molecule has 0 radical (unpaired) electrons. The van der Waals surface area contributed by atoms with E-state index in [2.05, 4.69) is 9.34 Å². The van der Waals surface area contributed by atoms with E-state index >= 15 is 0 Å². The Morgan fingerprint density at radius 3 is 2.15 bits per heavy atom. The van der Waals surface area contributed by atoms with Crippen molar-refractivity contribution in [2.75, 3.05) is 0 Å². The van der Waals surface area contributed by atoms with Gasteiger partial charge >= 0.3 is 10.1 Å². The predicted octanol–water partition coefficient (Wildman–Crippen LogP) is 4.12. The van der Waals surface area contributed by atoms with Gasteiger partial charge in [0.25, 0.3) is 5.56 Å². The molecule has 0 aliphatic heterocycles. The topological polar surface area (TPSA) is 91.4 Å². The maximum atomic E-state index is 13.9. The standard InChI is InChI=1S/C21H13F5N2O5S/c1-9-7-28(8-11-5-10(2)27-32-11)21(29)14-6-12(3-4-13(9)14)34(30,31)33-20-18(25)16(23)15(22)17(24)19(20)26/h3-7H,8H2,1-2H3. The first-order valence-electron chi connectivity index (χ1n) is 9.42. The molecule has 34 heavy (non-hydrogen) atoms. The molecule has 0 aliphatic carbocycles. The Kier molecular flexibility index (Phi) is 5.67. The minimum Gasteiger partial charge on any atom is -0.372 e. The lowest BCUT2D eigenvalue weighted by molar-refractivity contribution is 0.346. The zero-order valence-corrected chi connectivity index (χ0v) is 18.1. The van der Waals surface area contributed by atoms with Crippen LogP contribution in [0.2, 0.25) is 0 Å². The smallest absolute Gasteiger partial charge is 0.339 e. The van der Waals surface area contributed by atoms with Crippen LogP contribution in [-0.2, 0) is 16.7 Å². The van der Waals surface area contributed by atoms with Crippen molar-refractivity contribution in [3.8, 4) is 5.75 Å². The van der Waals surface area contributed by atoms with Gasteiger partial charge in [-0.05, 0) is 36.9 Å². The Morgan fingerprint density at radius 1 is 0.941 bits per heavy atom. The molecule has 2 aromatic carbocycles. The van der Waals surface area contributed by atoms with Gasteiger partial charge in [-0.2, -0.15) is 17.2 Å². The van der Waals surface area contributed by atoms with Crippen LogP contribution in [-0.4, -0.2) is 18.1 Å². The van der Waals surface area contributed by atoms with Crippen molar-refractivity contribution >= 4 is 20.9 Å². The first kappa shape index (κ1) is 23.4. The van der Waals surface area contributed by atoms with E-state index < -0.39 is 55.4 Å². The minimum absolute atomic E-state index is 0.0194. The molecule has 0 spiro atoms. The third kappa shape index (κ3) is 3.91. The Hall–Kier alpha value is -3.74. The van der Waals surface area contributed by atoms with E-state index in [-0.39, 0.29) is 11.9 Å². The lowest BCUT2D eigenvalue weighted by atomic mass is 10.1. The lowest BCUT2D eigenvalue weighted by Gasteiger charge is -2.12. The second kappa shape index (κ2) is 8.24. The van der Waals surface area contributed by atoms with E-state index in [0.717, 1.165) is 12.1 Å². The van der Waals surface area contributed by atoms with Crippen LogP contribution in [0.1, 0.15) is 17.0 Å². The molecule has 0 fully saturated rings. The van der Waals surface area contributed by atoms with Crippen LogP contribution in [0.4, 0.5) is 22.0 Å². The molecule has 2 aromatic heterocycles. The van der Waals surface area contributed by atoms with Crippen molar-refractivity contribution in [1.82, 2.24) is 9.72 Å². The number of aryl methyl sites for hydroxylation is 2. The summed E-state index contributed by atoms with van der Waals surface area (Å²) in [6.45, 7) is 3.32. The van der Waals surface area contributed by atoms with Crippen LogP contribution in [0.15, 0.2) is 44.7 Å². The van der Waals surface area contributed by atoms with Gasteiger partial charge in [0.05, 0.1) is 12.2 Å². The summed E-state index contributed by atoms with van der Waals surface area (Å²) < 4.78 is 104. The van der Waals surface area contributed by atoms with Gasteiger partial charge in [-0.3, -0.25) is 4.79 Å². The van der Waals surface area contributed by atoms with Crippen molar-refractivity contribution in [2.45, 2.75) is 25.3 Å². The van der Waals surface area contributed by atoms with Crippen molar-refractivity contribution in [2.24, 2.45) is 0 Å². The quantitative estimate of drug-likeness (QED) is 0.177. The monoisotopic (exact) mass is 500 g/mol. The van der Waals surface area contributed by atoms with E-state index in [0.29, 0.717) is 22.4 Å². The highest BCUT2D eigenvalue weighted by molar-refractivity contribution is 7.87. The number of nitrogens with zero attached hydrogens (tertiary/aromatic N) is 2. The highest BCUT2D eigenvalue weighted by Crippen LogP contribution is 2.32. The molecule has 2 heterocycles. The molecule has 0 saturated carbocycles. The number of hydrogen-bond acceptors (Lipinski definition) is 6. The maximum Gasteiger partial charge on any atom is 0.339 e. The van der Waals surface area contributed by atoms with Crippen molar-refractivity contribution in [1.29, 1.82) is 0 Å². The third-order valence-corrected chi connectivity index (χ3v) is 6.13. The number of benzene rings is 2. The van der Waals surface area contributed by atoms with Crippen LogP contribution in [0, 0.1) is 42.9 Å². The molecule has 13 heteroatoms. The number of halogens is 5. The minimum atomic E-state index is -5.11. The Labute approximate surface area is 188 Å². The molecule has 178 valence electrons. The number of aromatic nitrogens is 2. The lowest BCUT2D eigenvalue weighted by Crippen LogP contribution is -2.21. The fourth-order valence-electron chi connectivity index (χ4n) is 3.31. The summed E-state index contributed by atoms with van der Waals surface area (Å²) in [6, 6.07) is 4.71. The molecule has 0 saturated heterocycles. The summed E-state index contributed by atoms with van der Waals surface area (Å²) in [4.78, 5) is 12.2. The van der Waals surface area contributed by atoms with E-state index in [1.165, 1.54) is 16.8 Å². The molecule has 0 unspecified atom stereocenters. The Balaban J connectivity index is 1.81. The fourth-order valence-corrected chi connectivity index (χ4v) is 4.27. The highest BCUT2D eigenvalue weighted by atomic mass is 32.2. The molecule has 0 aliphatic rings.